The second kappa shape index (κ2) is 39.5. The lowest BCUT2D eigenvalue weighted by atomic mass is 10.0. The number of halogens is 6. The van der Waals surface area contributed by atoms with Gasteiger partial charge in [0.25, 0.3) is 17.7 Å². The molecule has 0 spiro atoms. The molecule has 0 saturated carbocycles. The summed E-state index contributed by atoms with van der Waals surface area (Å²) in [5.74, 6) is 2.14. The Morgan fingerprint density at radius 1 is 0.398 bits per heavy atom. The third-order valence-electron chi connectivity index (χ3n) is 18.8. The van der Waals surface area contributed by atoms with Crippen molar-refractivity contribution in [2.45, 2.75) is 119 Å². The van der Waals surface area contributed by atoms with Crippen LogP contribution in [0.4, 0.5) is 47.7 Å². The number of rotatable bonds is 27. The summed E-state index contributed by atoms with van der Waals surface area (Å²) in [4.78, 5) is 74.2. The molecule has 3 aliphatic rings. The number of nitrogens with zero attached hydrogens (tertiary/aromatic N) is 9. The van der Waals surface area contributed by atoms with Gasteiger partial charge in [0, 0.05) is 109 Å². The third-order valence-corrected chi connectivity index (χ3v) is 19.7. The normalized spacial score (nSPS) is 14.8. The molecule has 27 heteroatoms. The van der Waals surface area contributed by atoms with Crippen molar-refractivity contribution in [2.24, 2.45) is 17.8 Å². The molecular weight excluding hydrogens is 1440 g/mol. The number of aromatic nitrogens is 6. The van der Waals surface area contributed by atoms with E-state index in [1.54, 1.807) is 55.0 Å². The number of morpholine rings is 3. The van der Waals surface area contributed by atoms with Crippen LogP contribution in [-0.2, 0) is 14.2 Å². The minimum Gasteiger partial charge on any atom is -0.378 e. The molecule has 576 valence electrons. The van der Waals surface area contributed by atoms with Crippen molar-refractivity contribution in [3.8, 4) is 0 Å². The zero-order chi connectivity index (χ0) is 77.0. The number of carbonyl (C=O) groups excluding carboxylic acids is 3. The van der Waals surface area contributed by atoms with Crippen LogP contribution in [0.15, 0.2) is 110 Å². The lowest BCUT2D eigenvalue weighted by molar-refractivity contribution is 0.0944. The maximum atomic E-state index is 14.0. The van der Waals surface area contributed by atoms with Crippen LogP contribution in [0.1, 0.15) is 167 Å². The quantitative estimate of drug-likeness (QED) is 0.0262. The highest BCUT2D eigenvalue weighted by atomic mass is 35.5. The Kier molecular flexibility index (Phi) is 29.8. The van der Waals surface area contributed by atoms with Gasteiger partial charge in [-0.05, 0) is 168 Å². The number of anilines is 6. The van der Waals surface area contributed by atoms with E-state index in [0.29, 0.717) is 144 Å². The molecule has 6 N–H and O–H groups in total. The van der Waals surface area contributed by atoms with Crippen molar-refractivity contribution >= 4 is 120 Å². The highest BCUT2D eigenvalue weighted by Gasteiger charge is 2.25. The molecule has 12 rings (SSSR count). The Bertz CT molecular complexity index is 4100. The van der Waals surface area contributed by atoms with Crippen molar-refractivity contribution in [3.63, 3.8) is 0 Å². The molecule has 6 heterocycles. The van der Waals surface area contributed by atoms with Gasteiger partial charge >= 0.3 is 0 Å². The van der Waals surface area contributed by atoms with E-state index in [9.17, 15) is 27.6 Å². The summed E-state index contributed by atoms with van der Waals surface area (Å²) in [6.45, 7) is 29.0. The van der Waals surface area contributed by atoms with Gasteiger partial charge in [-0.25, -0.2) is 28.1 Å². The molecule has 0 aliphatic carbocycles. The predicted molar refractivity (Wildman–Crippen MR) is 427 cm³/mol. The summed E-state index contributed by atoms with van der Waals surface area (Å²) in [5.41, 5.74) is 9.71. The molecule has 108 heavy (non-hydrogen) atoms. The number of ether oxygens (including phenoxy) is 3. The highest BCUT2D eigenvalue weighted by molar-refractivity contribution is 6.31. The number of fused-ring (bicyclic) bond motifs is 3. The van der Waals surface area contributed by atoms with Crippen LogP contribution < -0.4 is 46.6 Å². The number of hydrogen-bond acceptors (Lipinski definition) is 18. The van der Waals surface area contributed by atoms with Crippen LogP contribution in [0.5, 0.6) is 0 Å². The summed E-state index contributed by atoms with van der Waals surface area (Å²) >= 11 is 17.5. The topological polar surface area (TPSA) is 238 Å². The molecule has 3 atom stereocenters. The highest BCUT2D eigenvalue weighted by Crippen LogP contribution is 2.34. The molecule has 3 unspecified atom stereocenters. The second-order valence-corrected chi connectivity index (χ2v) is 29.9. The van der Waals surface area contributed by atoms with Gasteiger partial charge in [0.2, 0.25) is 0 Å². The first-order valence-corrected chi connectivity index (χ1v) is 38.5. The molecule has 3 aromatic heterocycles. The number of carbonyl (C=O) groups is 3. The lowest BCUT2D eigenvalue weighted by Gasteiger charge is -2.28. The Balaban J connectivity index is 0.000000173. The third kappa shape index (κ3) is 22.8. The number of hydrogen-bond donors (Lipinski definition) is 6. The second-order valence-electron chi connectivity index (χ2n) is 28.6. The number of benzene rings is 6. The van der Waals surface area contributed by atoms with Gasteiger partial charge in [0.1, 0.15) is 34.9 Å². The summed E-state index contributed by atoms with van der Waals surface area (Å²) in [5, 5.41) is 19.2. The first-order chi connectivity index (χ1) is 51.9. The molecular formula is C81H99Cl3F3N15O6. The van der Waals surface area contributed by atoms with E-state index in [0.717, 1.165) is 112 Å². The zero-order valence-corrected chi connectivity index (χ0v) is 65.2. The molecule has 3 aliphatic heterocycles. The Morgan fingerprint density at radius 2 is 0.657 bits per heavy atom. The molecule has 3 fully saturated rings. The van der Waals surface area contributed by atoms with Gasteiger partial charge in [-0.15, -0.1) is 0 Å². The van der Waals surface area contributed by atoms with Crippen molar-refractivity contribution in [1.29, 1.82) is 0 Å². The fourth-order valence-electron chi connectivity index (χ4n) is 12.8. The Hall–Kier alpha value is -8.91. The summed E-state index contributed by atoms with van der Waals surface area (Å²) < 4.78 is 58.5. The van der Waals surface area contributed by atoms with Crippen LogP contribution in [0.2, 0.25) is 15.1 Å². The average molecular weight is 1540 g/mol. The van der Waals surface area contributed by atoms with Gasteiger partial charge in [-0.2, -0.15) is 0 Å². The van der Waals surface area contributed by atoms with Gasteiger partial charge < -0.3 is 60.8 Å². The van der Waals surface area contributed by atoms with E-state index in [-0.39, 0.29) is 50.9 Å². The predicted octanol–water partition coefficient (Wildman–Crippen LogP) is 16.8. The smallest absolute Gasteiger partial charge is 0.251 e. The summed E-state index contributed by atoms with van der Waals surface area (Å²) in [6, 6.07) is 23.8. The Labute approximate surface area is 645 Å². The fraction of sp³-hybridized carbons (Fsp3) is 0.444. The fourth-order valence-corrected chi connectivity index (χ4v) is 13.2. The summed E-state index contributed by atoms with van der Waals surface area (Å²) in [6.07, 6.45) is 11.2. The molecule has 9 aromatic rings. The first kappa shape index (κ1) is 81.6. The van der Waals surface area contributed by atoms with Gasteiger partial charge in [-0.1, -0.05) is 76.3 Å². The van der Waals surface area contributed by atoms with Crippen molar-refractivity contribution in [3.05, 3.63) is 175 Å². The maximum absolute atomic E-state index is 14.0. The first-order valence-electron chi connectivity index (χ1n) is 37.3. The van der Waals surface area contributed by atoms with E-state index >= 15 is 0 Å². The Morgan fingerprint density at radius 3 is 0.898 bits per heavy atom. The van der Waals surface area contributed by atoms with Crippen molar-refractivity contribution in [1.82, 2.24) is 45.9 Å². The van der Waals surface area contributed by atoms with E-state index in [1.165, 1.54) is 36.4 Å². The van der Waals surface area contributed by atoms with Gasteiger partial charge in [0.15, 0.2) is 0 Å². The zero-order valence-electron chi connectivity index (χ0n) is 62.9. The van der Waals surface area contributed by atoms with E-state index < -0.39 is 17.5 Å². The number of amides is 3. The molecule has 0 bridgehead atoms. The molecule has 6 aromatic carbocycles. The molecule has 3 amide bonds. The van der Waals surface area contributed by atoms with Gasteiger partial charge in [0.05, 0.1) is 125 Å². The van der Waals surface area contributed by atoms with E-state index in [1.807, 2.05) is 39.0 Å². The molecule has 0 radical (unpaired) electrons. The standard InChI is InChI=1S/3C27H33ClFN5O2/c3*1-17(2)5-4-8-30-27(35)19-13-21(18(3)32-20-6-7-22(28)23(29)15-20)26-24(14-19)31-16-25(33-26)34-9-11-36-12-10-34/h3*6-7,13-18,32H,4-5,8-12H2,1-3H3,(H,30,35). The van der Waals surface area contributed by atoms with Crippen LogP contribution in [0.25, 0.3) is 33.1 Å². The van der Waals surface area contributed by atoms with Crippen molar-refractivity contribution < 1.29 is 41.8 Å². The largest absolute Gasteiger partial charge is 0.378 e. The lowest BCUT2D eigenvalue weighted by Crippen LogP contribution is -2.36. The molecule has 21 nitrogen and oxygen atoms in total. The van der Waals surface area contributed by atoms with E-state index in [2.05, 4.69) is 103 Å². The number of nitrogens with one attached hydrogen (secondary N) is 6. The van der Waals surface area contributed by atoms with Crippen LogP contribution in [-0.4, -0.2) is 146 Å². The van der Waals surface area contributed by atoms with Gasteiger partial charge in [-0.3, -0.25) is 29.3 Å². The minimum absolute atomic E-state index is 0.0656. The minimum atomic E-state index is -0.498. The molecule has 3 saturated heterocycles. The van der Waals surface area contributed by atoms with Crippen LogP contribution in [0, 0.1) is 35.2 Å². The van der Waals surface area contributed by atoms with Crippen molar-refractivity contribution in [2.75, 3.05) is 129 Å². The van der Waals surface area contributed by atoms with Crippen LogP contribution in [0.3, 0.4) is 0 Å². The average Bonchev–Trinajstić information content (AvgIpc) is 0.790. The van der Waals surface area contributed by atoms with E-state index in [4.69, 9.17) is 64.0 Å². The maximum Gasteiger partial charge on any atom is 0.251 e. The summed E-state index contributed by atoms with van der Waals surface area (Å²) in [7, 11) is 0. The monoisotopic (exact) mass is 1540 g/mol. The SMILES string of the molecule is CC(C)CCCNC(=O)c1cc(C(C)Nc2ccc(Cl)c(F)c2)c2nc(N3CCOCC3)cnc2c1.CC(C)CCCNC(=O)c1cc(C(C)Nc2ccc(Cl)c(F)c2)c2nc(N3CCOCC3)cnc2c1.CC(C)CCCNC(=O)c1cc(C(C)Nc2ccc(Cl)c(F)c2)c2nc(N3CCOCC3)cnc2c1. The van der Waals surface area contributed by atoms with Crippen LogP contribution >= 0.6 is 34.8 Å².